The number of anilines is 1. The predicted octanol–water partition coefficient (Wildman–Crippen LogP) is -1.61. The van der Waals surface area contributed by atoms with E-state index >= 15 is 0 Å². The maximum absolute atomic E-state index is 13.3. The SMILES string of the molecule is CCOC(=O)CNP(=O)(NCC(=O)OCC)OC[C@H]1O[C@@H](n2cnc3c(=O)[nH]c(N)nc32)C(C)[C@@H](O)[C@H]1O. The Labute approximate surface area is 216 Å². The van der Waals surface area contributed by atoms with E-state index in [1.807, 2.05) is 0 Å². The van der Waals surface area contributed by atoms with Gasteiger partial charge >= 0.3 is 19.6 Å². The first-order chi connectivity index (χ1) is 18.0. The quantitative estimate of drug-likeness (QED) is 0.126. The lowest BCUT2D eigenvalue weighted by Crippen LogP contribution is -2.53. The van der Waals surface area contributed by atoms with Crippen molar-refractivity contribution in [3.63, 3.8) is 0 Å². The van der Waals surface area contributed by atoms with Gasteiger partial charge in [-0.1, -0.05) is 6.92 Å². The number of rotatable bonds is 12. The molecule has 0 bridgehead atoms. The summed E-state index contributed by atoms with van der Waals surface area (Å²) >= 11 is 0. The maximum Gasteiger partial charge on any atom is 0.341 e. The van der Waals surface area contributed by atoms with Crippen LogP contribution in [0.5, 0.6) is 0 Å². The van der Waals surface area contributed by atoms with E-state index in [4.69, 9.17) is 24.5 Å². The standard InChI is InChI=1S/C20H32N7O10P/c1-4-34-12(28)6-23-38(33,24-7-13(29)35-5-2)36-8-11-16(31)15(30)10(3)19(37-11)27-9-22-14-17(27)25-20(21)26-18(14)32/h9-11,15-16,19,30-31H,4-8H2,1-3H3,(H2,23,24,33)(H3,21,25,26,32)/t10?,11-,15-,16+,19-/m1/s1. The van der Waals surface area contributed by atoms with Crippen molar-refractivity contribution in [2.45, 2.75) is 45.3 Å². The molecule has 1 aliphatic rings. The van der Waals surface area contributed by atoms with Gasteiger partial charge in [0.25, 0.3) is 5.56 Å². The van der Waals surface area contributed by atoms with Crippen LogP contribution in [-0.4, -0.2) is 92.9 Å². The molecule has 38 heavy (non-hydrogen) atoms. The van der Waals surface area contributed by atoms with E-state index in [0.29, 0.717) is 0 Å². The normalized spacial score (nSPS) is 23.9. The number of aliphatic hydroxyl groups excluding tert-OH is 2. The molecule has 0 aromatic carbocycles. The van der Waals surface area contributed by atoms with Gasteiger partial charge in [0.1, 0.15) is 31.5 Å². The number of aliphatic hydroxyl groups is 2. The summed E-state index contributed by atoms with van der Waals surface area (Å²) in [4.78, 5) is 46.1. The molecule has 5 atom stereocenters. The third-order valence-electron chi connectivity index (χ3n) is 5.65. The molecule has 0 aliphatic carbocycles. The van der Waals surface area contributed by atoms with Crippen LogP contribution in [0.4, 0.5) is 5.95 Å². The molecule has 18 heteroatoms. The first-order valence-electron chi connectivity index (χ1n) is 11.8. The number of nitrogen functional groups attached to an aromatic ring is 1. The number of ether oxygens (including phenoxy) is 3. The van der Waals surface area contributed by atoms with Crippen LogP contribution < -0.4 is 21.5 Å². The van der Waals surface area contributed by atoms with Gasteiger partial charge < -0.3 is 34.7 Å². The highest BCUT2D eigenvalue weighted by atomic mass is 31.2. The van der Waals surface area contributed by atoms with Gasteiger partial charge in [-0.15, -0.1) is 0 Å². The zero-order valence-corrected chi connectivity index (χ0v) is 21.9. The number of hydrogen-bond acceptors (Lipinski definition) is 13. The Bertz CT molecular complexity index is 1210. The number of carbonyl (C=O) groups is 2. The van der Waals surface area contributed by atoms with Crippen LogP contribution in [0, 0.1) is 5.92 Å². The molecule has 3 rings (SSSR count). The van der Waals surface area contributed by atoms with Crippen molar-refractivity contribution in [1.82, 2.24) is 29.7 Å². The molecule has 212 valence electrons. The first kappa shape index (κ1) is 29.6. The number of H-pyrrole nitrogens is 1. The number of nitrogens with zero attached hydrogens (tertiary/aromatic N) is 3. The molecule has 2 aromatic rings. The van der Waals surface area contributed by atoms with Crippen molar-refractivity contribution in [1.29, 1.82) is 0 Å². The molecule has 1 unspecified atom stereocenters. The van der Waals surface area contributed by atoms with Gasteiger partial charge in [0.15, 0.2) is 11.2 Å². The van der Waals surface area contributed by atoms with Crippen LogP contribution in [0.2, 0.25) is 0 Å². The van der Waals surface area contributed by atoms with E-state index in [1.165, 1.54) is 10.9 Å². The zero-order valence-electron chi connectivity index (χ0n) is 21.0. The van der Waals surface area contributed by atoms with Crippen molar-refractivity contribution < 1.29 is 43.1 Å². The fourth-order valence-corrected chi connectivity index (χ4v) is 5.08. The van der Waals surface area contributed by atoms with Crippen molar-refractivity contribution in [2.24, 2.45) is 5.92 Å². The lowest BCUT2D eigenvalue weighted by atomic mass is 9.91. The third-order valence-corrected chi connectivity index (χ3v) is 7.31. The molecule has 0 spiro atoms. The Kier molecular flexibility index (Phi) is 9.94. The van der Waals surface area contributed by atoms with E-state index in [2.05, 4.69) is 25.1 Å². The van der Waals surface area contributed by atoms with E-state index < -0.39 is 75.3 Å². The van der Waals surface area contributed by atoms with Gasteiger partial charge in [-0.3, -0.25) is 28.5 Å². The predicted molar refractivity (Wildman–Crippen MR) is 130 cm³/mol. The van der Waals surface area contributed by atoms with Crippen molar-refractivity contribution in [3.8, 4) is 0 Å². The fourth-order valence-electron chi connectivity index (χ4n) is 3.76. The summed E-state index contributed by atoms with van der Waals surface area (Å²) in [5.74, 6) is -2.31. The van der Waals surface area contributed by atoms with E-state index in [1.54, 1.807) is 20.8 Å². The van der Waals surface area contributed by atoms with Gasteiger partial charge in [-0.05, 0) is 13.8 Å². The number of aromatic nitrogens is 4. The summed E-state index contributed by atoms with van der Waals surface area (Å²) in [6.45, 7) is 3.41. The van der Waals surface area contributed by atoms with Gasteiger partial charge in [-0.25, -0.2) is 15.2 Å². The second-order valence-electron chi connectivity index (χ2n) is 8.31. The monoisotopic (exact) mass is 561 g/mol. The number of hydrogen-bond donors (Lipinski definition) is 6. The van der Waals surface area contributed by atoms with Crippen LogP contribution in [0.15, 0.2) is 11.1 Å². The minimum atomic E-state index is -4.10. The Morgan fingerprint density at radius 1 is 1.18 bits per heavy atom. The minimum absolute atomic E-state index is 0.0146. The summed E-state index contributed by atoms with van der Waals surface area (Å²) < 4.78 is 35.8. The van der Waals surface area contributed by atoms with Gasteiger partial charge in [0.05, 0.1) is 32.3 Å². The summed E-state index contributed by atoms with van der Waals surface area (Å²) in [6, 6.07) is 0. The molecule has 1 fully saturated rings. The van der Waals surface area contributed by atoms with E-state index in [-0.39, 0.29) is 30.3 Å². The van der Waals surface area contributed by atoms with Crippen molar-refractivity contribution in [3.05, 3.63) is 16.7 Å². The molecule has 17 nitrogen and oxygen atoms in total. The molecular weight excluding hydrogens is 529 g/mol. The highest BCUT2D eigenvalue weighted by Gasteiger charge is 2.44. The Balaban J connectivity index is 1.79. The Morgan fingerprint density at radius 2 is 1.79 bits per heavy atom. The lowest BCUT2D eigenvalue weighted by Gasteiger charge is -2.42. The average molecular weight is 561 g/mol. The summed E-state index contributed by atoms with van der Waals surface area (Å²) in [5.41, 5.74) is 5.16. The van der Waals surface area contributed by atoms with Crippen molar-refractivity contribution in [2.75, 3.05) is 38.6 Å². The van der Waals surface area contributed by atoms with E-state index in [9.17, 15) is 29.2 Å². The largest absolute Gasteiger partial charge is 0.465 e. The number of nitrogens with one attached hydrogen (secondary N) is 3. The van der Waals surface area contributed by atoms with E-state index in [0.717, 1.165) is 0 Å². The number of aromatic amines is 1. The molecule has 1 aliphatic heterocycles. The van der Waals surface area contributed by atoms with Crippen LogP contribution in [-0.2, 0) is 32.9 Å². The topological polar surface area (TPSA) is 242 Å². The smallest absolute Gasteiger partial charge is 0.341 e. The highest BCUT2D eigenvalue weighted by molar-refractivity contribution is 7.54. The molecule has 2 aromatic heterocycles. The molecule has 3 heterocycles. The molecule has 7 N–H and O–H groups in total. The number of fused-ring (bicyclic) bond motifs is 1. The van der Waals surface area contributed by atoms with Crippen molar-refractivity contribution >= 4 is 36.7 Å². The van der Waals surface area contributed by atoms with Crippen LogP contribution in [0.1, 0.15) is 27.0 Å². The van der Waals surface area contributed by atoms with Gasteiger partial charge in [0, 0.05) is 5.92 Å². The third kappa shape index (κ3) is 6.93. The van der Waals surface area contributed by atoms with Gasteiger partial charge in [-0.2, -0.15) is 4.98 Å². The lowest BCUT2D eigenvalue weighted by molar-refractivity contribution is -0.225. The molecular formula is C20H32N7O10P. The molecule has 0 radical (unpaired) electrons. The second-order valence-corrected chi connectivity index (χ2v) is 10.3. The number of esters is 2. The van der Waals surface area contributed by atoms with Crippen LogP contribution in [0.3, 0.4) is 0 Å². The van der Waals surface area contributed by atoms with Crippen LogP contribution >= 0.6 is 7.67 Å². The zero-order chi connectivity index (χ0) is 28.0. The highest BCUT2D eigenvalue weighted by Crippen LogP contribution is 2.40. The molecule has 0 saturated carbocycles. The first-order valence-corrected chi connectivity index (χ1v) is 13.4. The minimum Gasteiger partial charge on any atom is -0.465 e. The Hall–Kier alpha value is -2.92. The summed E-state index contributed by atoms with van der Waals surface area (Å²) in [7, 11) is -4.10. The summed E-state index contributed by atoms with van der Waals surface area (Å²) in [5, 5.41) is 26.1. The van der Waals surface area contributed by atoms with Crippen LogP contribution in [0.25, 0.3) is 11.2 Å². The number of imidazole rings is 1. The Morgan fingerprint density at radius 3 is 2.37 bits per heavy atom. The summed E-state index contributed by atoms with van der Waals surface area (Å²) in [6.07, 6.45) is -3.76. The average Bonchev–Trinajstić information content (AvgIpc) is 3.29. The van der Waals surface area contributed by atoms with Gasteiger partial charge in [0.2, 0.25) is 5.95 Å². The molecule has 0 amide bonds. The number of carbonyl (C=O) groups excluding carboxylic acids is 2. The second kappa shape index (κ2) is 12.8. The maximum atomic E-state index is 13.3. The fraction of sp³-hybridized carbons (Fsp3) is 0.650. The molecule has 1 saturated heterocycles. The number of nitrogens with two attached hydrogens (primary N) is 1.